The molecule has 0 aliphatic carbocycles. The Balaban J connectivity index is 0.00000169. The van der Waals surface area contributed by atoms with Gasteiger partial charge in [0.25, 0.3) is 0 Å². The SMILES string of the molecule is O=C(O)c1ccccc1C(=O)OO.[KH]. The summed E-state index contributed by atoms with van der Waals surface area (Å²) in [7, 11) is 0. The van der Waals surface area contributed by atoms with Gasteiger partial charge in [-0.05, 0) is 12.1 Å². The van der Waals surface area contributed by atoms with E-state index in [9.17, 15) is 9.59 Å². The van der Waals surface area contributed by atoms with Crippen LogP contribution in [0.15, 0.2) is 24.3 Å². The van der Waals surface area contributed by atoms with Crippen molar-refractivity contribution in [1.29, 1.82) is 0 Å². The topological polar surface area (TPSA) is 83.8 Å². The summed E-state index contributed by atoms with van der Waals surface area (Å²) in [6, 6.07) is 5.44. The minimum absolute atomic E-state index is 0. The first kappa shape index (κ1) is 13.8. The Bertz CT molecular complexity index is 349. The van der Waals surface area contributed by atoms with Crippen molar-refractivity contribution in [3.8, 4) is 0 Å². The zero-order valence-corrected chi connectivity index (χ0v) is 6.43. The molecule has 0 heterocycles. The fraction of sp³-hybridized carbons (Fsp3) is 0. The number of aromatic carboxylic acids is 1. The third-order valence-corrected chi connectivity index (χ3v) is 1.46. The van der Waals surface area contributed by atoms with Crippen molar-refractivity contribution in [3.63, 3.8) is 0 Å². The van der Waals surface area contributed by atoms with E-state index in [1.165, 1.54) is 24.3 Å². The molecule has 0 aliphatic heterocycles. The number of carbonyl (C=O) groups is 2. The van der Waals surface area contributed by atoms with E-state index in [0.717, 1.165) is 0 Å². The van der Waals surface area contributed by atoms with Crippen LogP contribution >= 0.6 is 0 Å². The molecule has 1 aromatic rings. The normalized spacial score (nSPS) is 8.64. The van der Waals surface area contributed by atoms with Crippen LogP contribution < -0.4 is 0 Å². The fourth-order valence-corrected chi connectivity index (χ4v) is 0.897. The van der Waals surface area contributed by atoms with Crippen LogP contribution in [0.5, 0.6) is 0 Å². The Hall–Kier alpha value is -0.244. The first-order chi connectivity index (χ1) is 6.16. The second-order valence-corrected chi connectivity index (χ2v) is 2.23. The van der Waals surface area contributed by atoms with Gasteiger partial charge in [-0.1, -0.05) is 12.1 Å². The Morgan fingerprint density at radius 3 is 2.07 bits per heavy atom. The number of hydrogen-bond acceptors (Lipinski definition) is 4. The van der Waals surface area contributed by atoms with E-state index in [2.05, 4.69) is 4.89 Å². The van der Waals surface area contributed by atoms with Crippen molar-refractivity contribution in [3.05, 3.63) is 35.4 Å². The molecule has 14 heavy (non-hydrogen) atoms. The number of carbonyl (C=O) groups excluding carboxylic acids is 1. The van der Waals surface area contributed by atoms with Gasteiger partial charge in [0.1, 0.15) is 0 Å². The van der Waals surface area contributed by atoms with Crippen LogP contribution in [-0.2, 0) is 4.89 Å². The van der Waals surface area contributed by atoms with Crippen LogP contribution in [0, 0.1) is 0 Å². The van der Waals surface area contributed by atoms with E-state index in [1.54, 1.807) is 0 Å². The van der Waals surface area contributed by atoms with Gasteiger partial charge >= 0.3 is 63.3 Å². The molecule has 2 N–H and O–H groups in total. The van der Waals surface area contributed by atoms with Gasteiger partial charge in [-0.25, -0.2) is 9.59 Å². The first-order valence-corrected chi connectivity index (χ1v) is 3.35. The average molecular weight is 222 g/mol. The number of benzene rings is 1. The molecule has 6 heteroatoms. The van der Waals surface area contributed by atoms with Gasteiger partial charge in [0.15, 0.2) is 0 Å². The van der Waals surface area contributed by atoms with Crippen LogP contribution in [-0.4, -0.2) is 73.7 Å². The maximum atomic E-state index is 10.8. The molecular formula is C8H7KO5. The van der Waals surface area contributed by atoms with Crippen LogP contribution in [0.3, 0.4) is 0 Å². The summed E-state index contributed by atoms with van der Waals surface area (Å²) in [6.45, 7) is 0. The van der Waals surface area contributed by atoms with Gasteiger partial charge in [0.2, 0.25) is 0 Å². The molecule has 0 saturated heterocycles. The number of hydrogen-bond donors (Lipinski definition) is 2. The predicted octanol–water partition coefficient (Wildman–Crippen LogP) is 0.366. The molecule has 5 nitrogen and oxygen atoms in total. The molecule has 0 aromatic heterocycles. The third kappa shape index (κ3) is 3.16. The average Bonchev–Trinajstić information content (AvgIpc) is 2.16. The number of carboxylic acids is 1. The van der Waals surface area contributed by atoms with E-state index in [1.807, 2.05) is 0 Å². The zero-order valence-electron chi connectivity index (χ0n) is 6.43. The molecule has 0 amide bonds. The minimum atomic E-state index is -1.25. The zero-order chi connectivity index (χ0) is 9.84. The van der Waals surface area contributed by atoms with Gasteiger partial charge in [-0.3, -0.25) is 4.89 Å². The molecule has 0 fully saturated rings. The van der Waals surface area contributed by atoms with Gasteiger partial charge < -0.3 is 5.11 Å². The Kier molecular flexibility index (Phi) is 6.17. The van der Waals surface area contributed by atoms with Crippen LogP contribution in [0.4, 0.5) is 0 Å². The van der Waals surface area contributed by atoms with Crippen LogP contribution in [0.25, 0.3) is 0 Å². The molecule has 0 radical (unpaired) electrons. The molecular weight excluding hydrogens is 215 g/mol. The second-order valence-electron chi connectivity index (χ2n) is 2.23. The summed E-state index contributed by atoms with van der Waals surface area (Å²) in [5.74, 6) is -2.33. The van der Waals surface area contributed by atoms with Crippen molar-refractivity contribution in [2.45, 2.75) is 0 Å². The van der Waals surface area contributed by atoms with E-state index in [4.69, 9.17) is 10.4 Å². The summed E-state index contributed by atoms with van der Waals surface area (Å²) < 4.78 is 0. The van der Waals surface area contributed by atoms with E-state index < -0.39 is 11.9 Å². The van der Waals surface area contributed by atoms with Gasteiger partial charge in [0.05, 0.1) is 11.1 Å². The molecule has 0 aliphatic rings. The van der Waals surface area contributed by atoms with Crippen molar-refractivity contribution in [2.24, 2.45) is 0 Å². The summed E-state index contributed by atoms with van der Waals surface area (Å²) in [5.41, 5.74) is -0.390. The van der Waals surface area contributed by atoms with E-state index in [-0.39, 0.29) is 62.5 Å². The molecule has 0 atom stereocenters. The molecule has 1 aromatic carbocycles. The van der Waals surface area contributed by atoms with Crippen LogP contribution in [0.1, 0.15) is 20.7 Å². The van der Waals surface area contributed by atoms with Crippen molar-refractivity contribution in [2.75, 3.05) is 0 Å². The Morgan fingerprint density at radius 1 is 1.14 bits per heavy atom. The van der Waals surface area contributed by atoms with E-state index >= 15 is 0 Å². The maximum absolute atomic E-state index is 10.8. The molecule has 0 unspecified atom stereocenters. The van der Waals surface area contributed by atoms with Gasteiger partial charge in [0, 0.05) is 0 Å². The quantitative estimate of drug-likeness (QED) is 0.429. The molecule has 0 spiro atoms. The first-order valence-electron chi connectivity index (χ1n) is 3.35. The molecule has 70 valence electrons. The van der Waals surface area contributed by atoms with Crippen molar-refractivity contribution >= 4 is 63.3 Å². The number of carboxylic acid groups (broad SMARTS) is 1. The third-order valence-electron chi connectivity index (χ3n) is 1.46. The van der Waals surface area contributed by atoms with E-state index in [0.29, 0.717) is 0 Å². The fourth-order valence-electron chi connectivity index (χ4n) is 0.897. The van der Waals surface area contributed by atoms with Crippen LogP contribution in [0.2, 0.25) is 0 Å². The molecule has 1 rings (SSSR count). The van der Waals surface area contributed by atoms with Crippen molar-refractivity contribution in [1.82, 2.24) is 0 Å². The summed E-state index contributed by atoms with van der Waals surface area (Å²) in [5, 5.41) is 16.7. The van der Waals surface area contributed by atoms with Gasteiger partial charge in [-0.15, -0.1) is 0 Å². The molecule has 0 saturated carbocycles. The summed E-state index contributed by atoms with van der Waals surface area (Å²) in [4.78, 5) is 24.8. The summed E-state index contributed by atoms with van der Waals surface area (Å²) >= 11 is 0. The predicted molar refractivity (Wildman–Crippen MR) is 48.6 cm³/mol. The monoisotopic (exact) mass is 222 g/mol. The second kappa shape index (κ2) is 6.28. The summed E-state index contributed by atoms with van der Waals surface area (Å²) in [6.07, 6.45) is 0. The van der Waals surface area contributed by atoms with Gasteiger partial charge in [-0.2, -0.15) is 5.26 Å². The standard InChI is InChI=1S/C8H6O5.K.H/c9-7(10)5-3-1-2-4-6(5)8(11)13-12;;/h1-4,12H,(H,9,10);;. The number of rotatable bonds is 2. The molecule has 0 bridgehead atoms. The van der Waals surface area contributed by atoms with Crippen molar-refractivity contribution < 1.29 is 24.8 Å². The Labute approximate surface area is 122 Å². The Morgan fingerprint density at radius 2 is 1.64 bits per heavy atom.